The van der Waals surface area contributed by atoms with Gasteiger partial charge in [-0.1, -0.05) is 24.3 Å². The molecule has 0 saturated heterocycles. The molecule has 0 spiro atoms. The zero-order valence-corrected chi connectivity index (χ0v) is 10.1. The third kappa shape index (κ3) is 2.40. The molecule has 96 valence electrons. The van der Waals surface area contributed by atoms with Gasteiger partial charge in [0.25, 0.3) is 0 Å². The molecule has 1 heterocycles. The molecule has 0 atom stereocenters. The molecule has 0 fully saturated rings. The molecule has 1 N–H and O–H groups in total. The largest absolute Gasteiger partial charge is 0.478 e. The molecule has 0 unspecified atom stereocenters. The van der Waals surface area contributed by atoms with Crippen LogP contribution in [-0.4, -0.2) is 21.3 Å². The summed E-state index contributed by atoms with van der Waals surface area (Å²) in [6.45, 7) is 0. The van der Waals surface area contributed by atoms with Gasteiger partial charge in [0.2, 0.25) is 11.8 Å². The van der Waals surface area contributed by atoms with Crippen LogP contribution in [0.25, 0.3) is 6.08 Å². The van der Waals surface area contributed by atoms with Gasteiger partial charge in [-0.25, -0.2) is 4.79 Å². The molecular weight excluding hydrogens is 244 g/mol. The van der Waals surface area contributed by atoms with Crippen molar-refractivity contribution in [1.29, 1.82) is 0 Å². The lowest BCUT2D eigenvalue weighted by Gasteiger charge is -2.00. The summed E-state index contributed by atoms with van der Waals surface area (Å²) in [6, 6.07) is 8.26. The average Bonchev–Trinajstić information content (AvgIpc) is 3.02. The Morgan fingerprint density at radius 3 is 2.58 bits per heavy atom. The molecule has 0 saturated carbocycles. The number of benzene rings is 1. The molecule has 3 rings (SSSR count). The van der Waals surface area contributed by atoms with Gasteiger partial charge in [0.15, 0.2) is 0 Å². The molecule has 5 nitrogen and oxygen atoms in total. The molecule has 2 aromatic rings. The highest BCUT2D eigenvalue weighted by atomic mass is 16.4. The van der Waals surface area contributed by atoms with Crippen molar-refractivity contribution >= 4 is 12.0 Å². The summed E-state index contributed by atoms with van der Waals surface area (Å²) in [6.07, 6.45) is 4.07. The highest BCUT2D eigenvalue weighted by Crippen LogP contribution is 2.33. The number of carbonyl (C=O) groups is 1. The van der Waals surface area contributed by atoms with Crippen molar-refractivity contribution in [2.75, 3.05) is 0 Å². The van der Waals surface area contributed by atoms with Gasteiger partial charge in [-0.05, 0) is 24.0 Å². The van der Waals surface area contributed by atoms with Crippen LogP contribution >= 0.6 is 0 Å². The lowest BCUT2D eigenvalue weighted by molar-refractivity contribution is -0.131. The Morgan fingerprint density at radius 2 is 1.95 bits per heavy atom. The van der Waals surface area contributed by atoms with Gasteiger partial charge in [0.1, 0.15) is 0 Å². The molecule has 1 aromatic carbocycles. The fourth-order valence-electron chi connectivity index (χ4n) is 2.35. The van der Waals surface area contributed by atoms with Gasteiger partial charge in [0, 0.05) is 18.1 Å². The average molecular weight is 256 g/mol. The number of hydrogen-bond donors (Lipinski definition) is 1. The second-order valence-electron chi connectivity index (χ2n) is 4.52. The van der Waals surface area contributed by atoms with Gasteiger partial charge in [-0.15, -0.1) is 10.2 Å². The zero-order valence-electron chi connectivity index (χ0n) is 10.1. The van der Waals surface area contributed by atoms with E-state index in [1.165, 1.54) is 17.2 Å². The van der Waals surface area contributed by atoms with Crippen molar-refractivity contribution < 1.29 is 14.3 Å². The minimum Gasteiger partial charge on any atom is -0.478 e. The summed E-state index contributed by atoms with van der Waals surface area (Å²) in [5.74, 6) is -0.0421. The summed E-state index contributed by atoms with van der Waals surface area (Å²) < 4.78 is 5.48. The molecule has 1 aliphatic carbocycles. The first-order valence-electron chi connectivity index (χ1n) is 6.03. The number of aromatic nitrogens is 2. The molecule has 5 heteroatoms. The van der Waals surface area contributed by atoms with Crippen molar-refractivity contribution in [3.63, 3.8) is 0 Å². The van der Waals surface area contributed by atoms with E-state index < -0.39 is 5.97 Å². The number of nitrogens with zero attached hydrogens (tertiary/aromatic N) is 2. The molecule has 0 bridgehead atoms. The van der Waals surface area contributed by atoms with E-state index in [1.54, 1.807) is 0 Å². The van der Waals surface area contributed by atoms with Crippen LogP contribution < -0.4 is 0 Å². The standard InChI is InChI=1S/C14H12N2O3/c17-13(18)6-5-12-15-16-14(19-12)11-7-9-3-1-2-4-10(9)8-11/h1-6,11H,7-8H2,(H,17,18)/b6-5+. The molecular formula is C14H12N2O3. The normalized spacial score (nSPS) is 14.9. The Morgan fingerprint density at radius 1 is 1.26 bits per heavy atom. The summed E-state index contributed by atoms with van der Waals surface area (Å²) in [4.78, 5) is 10.4. The molecule has 1 aromatic heterocycles. The fourth-order valence-corrected chi connectivity index (χ4v) is 2.35. The van der Waals surface area contributed by atoms with E-state index in [0.717, 1.165) is 18.9 Å². The van der Waals surface area contributed by atoms with Gasteiger partial charge in [-0.3, -0.25) is 0 Å². The SMILES string of the molecule is O=C(O)/C=C/c1nnc(C2Cc3ccccc3C2)o1. The van der Waals surface area contributed by atoms with E-state index in [9.17, 15) is 4.79 Å². The van der Waals surface area contributed by atoms with E-state index in [4.69, 9.17) is 9.52 Å². The smallest absolute Gasteiger partial charge is 0.328 e. The second-order valence-corrected chi connectivity index (χ2v) is 4.52. The van der Waals surface area contributed by atoms with E-state index >= 15 is 0 Å². The monoisotopic (exact) mass is 256 g/mol. The molecule has 1 aliphatic rings. The second kappa shape index (κ2) is 4.68. The summed E-state index contributed by atoms with van der Waals surface area (Å²) in [5, 5.41) is 16.4. The van der Waals surface area contributed by atoms with Crippen LogP contribution in [0.4, 0.5) is 0 Å². The number of carboxylic acid groups (broad SMARTS) is 1. The highest BCUT2D eigenvalue weighted by Gasteiger charge is 2.26. The van der Waals surface area contributed by atoms with E-state index in [1.807, 2.05) is 12.1 Å². The zero-order chi connectivity index (χ0) is 13.2. The number of fused-ring (bicyclic) bond motifs is 1. The minimum absolute atomic E-state index is 0.192. The summed E-state index contributed by atoms with van der Waals surface area (Å²) in [7, 11) is 0. The Hall–Kier alpha value is -2.43. The third-order valence-electron chi connectivity index (χ3n) is 3.22. The van der Waals surface area contributed by atoms with E-state index in [0.29, 0.717) is 5.89 Å². The number of rotatable bonds is 3. The minimum atomic E-state index is -1.03. The van der Waals surface area contributed by atoms with Crippen LogP contribution in [0.15, 0.2) is 34.8 Å². The van der Waals surface area contributed by atoms with Crippen molar-refractivity contribution in [2.45, 2.75) is 18.8 Å². The Bertz CT molecular complexity index is 621. The van der Waals surface area contributed by atoms with Crippen molar-refractivity contribution in [2.24, 2.45) is 0 Å². The van der Waals surface area contributed by atoms with Crippen LogP contribution in [-0.2, 0) is 17.6 Å². The fraction of sp³-hybridized carbons (Fsp3) is 0.214. The number of carboxylic acids is 1. The van der Waals surface area contributed by atoms with Crippen LogP contribution in [0.3, 0.4) is 0 Å². The lowest BCUT2D eigenvalue weighted by Crippen LogP contribution is -1.97. The van der Waals surface area contributed by atoms with Crippen LogP contribution in [0.1, 0.15) is 28.8 Å². The number of hydrogen-bond acceptors (Lipinski definition) is 4. The Labute approximate surface area is 109 Å². The van der Waals surface area contributed by atoms with Gasteiger partial charge >= 0.3 is 5.97 Å². The predicted octanol–water partition coefficient (Wildman–Crippen LogP) is 2.05. The summed E-state index contributed by atoms with van der Waals surface area (Å²) in [5.41, 5.74) is 2.63. The molecule has 19 heavy (non-hydrogen) atoms. The van der Waals surface area contributed by atoms with Crippen molar-refractivity contribution in [1.82, 2.24) is 10.2 Å². The van der Waals surface area contributed by atoms with Crippen LogP contribution in [0, 0.1) is 0 Å². The van der Waals surface area contributed by atoms with Crippen molar-refractivity contribution in [3.8, 4) is 0 Å². The first-order chi connectivity index (χ1) is 9.22. The first kappa shape index (κ1) is 11.6. The molecule has 0 aliphatic heterocycles. The first-order valence-corrected chi connectivity index (χ1v) is 6.03. The third-order valence-corrected chi connectivity index (χ3v) is 3.22. The quantitative estimate of drug-likeness (QED) is 0.850. The maximum Gasteiger partial charge on any atom is 0.328 e. The molecule has 0 amide bonds. The molecule has 0 radical (unpaired) electrons. The topological polar surface area (TPSA) is 76.2 Å². The van der Waals surface area contributed by atoms with Crippen LogP contribution in [0.5, 0.6) is 0 Å². The van der Waals surface area contributed by atoms with E-state index in [2.05, 4.69) is 22.3 Å². The van der Waals surface area contributed by atoms with Crippen molar-refractivity contribution in [3.05, 3.63) is 53.2 Å². The van der Waals surface area contributed by atoms with Gasteiger partial charge < -0.3 is 9.52 Å². The lowest BCUT2D eigenvalue weighted by atomic mass is 10.1. The van der Waals surface area contributed by atoms with E-state index in [-0.39, 0.29) is 11.8 Å². The van der Waals surface area contributed by atoms with Gasteiger partial charge in [-0.2, -0.15) is 0 Å². The Balaban J connectivity index is 1.77. The maximum atomic E-state index is 10.4. The number of aliphatic carboxylic acids is 1. The maximum absolute atomic E-state index is 10.4. The highest BCUT2D eigenvalue weighted by molar-refractivity contribution is 5.84. The van der Waals surface area contributed by atoms with Crippen LogP contribution in [0.2, 0.25) is 0 Å². The Kier molecular flexibility index (Phi) is 2.87. The summed E-state index contributed by atoms with van der Waals surface area (Å²) >= 11 is 0. The van der Waals surface area contributed by atoms with Gasteiger partial charge in [0.05, 0.1) is 0 Å². The predicted molar refractivity (Wildman–Crippen MR) is 67.6 cm³/mol.